The van der Waals surface area contributed by atoms with Crippen LogP contribution in [0.15, 0.2) is 34.5 Å². The van der Waals surface area contributed by atoms with Gasteiger partial charge in [-0.25, -0.2) is 0 Å². The Morgan fingerprint density at radius 1 is 1.28 bits per heavy atom. The Morgan fingerprint density at radius 2 is 2.06 bits per heavy atom. The fraction of sp³-hybridized carbons (Fsp3) is 0.385. The zero-order chi connectivity index (χ0) is 12.8. The van der Waals surface area contributed by atoms with Crippen LogP contribution >= 0.6 is 11.8 Å². The Hall–Kier alpha value is -1.33. The van der Waals surface area contributed by atoms with Gasteiger partial charge in [-0.3, -0.25) is 0 Å². The number of hydrogen-bond donors (Lipinski definition) is 1. The SMILES string of the molecule is Cc1ccc(COCCC2=NN=C(N)SC2)cc1. The maximum Gasteiger partial charge on any atom is 0.180 e. The normalized spacial score (nSPS) is 15.2. The van der Waals surface area contributed by atoms with E-state index in [-0.39, 0.29) is 0 Å². The molecule has 0 amide bonds. The Labute approximate surface area is 111 Å². The van der Waals surface area contributed by atoms with E-state index in [1.165, 1.54) is 22.9 Å². The van der Waals surface area contributed by atoms with Crippen molar-refractivity contribution in [2.45, 2.75) is 20.0 Å². The number of aryl methyl sites for hydroxylation is 1. The molecular formula is C13H17N3OS. The fourth-order valence-corrected chi connectivity index (χ4v) is 2.14. The monoisotopic (exact) mass is 263 g/mol. The first-order valence-electron chi connectivity index (χ1n) is 5.89. The lowest BCUT2D eigenvalue weighted by molar-refractivity contribution is 0.127. The highest BCUT2D eigenvalue weighted by Gasteiger charge is 2.07. The average Bonchev–Trinajstić information content (AvgIpc) is 2.39. The third kappa shape index (κ3) is 4.16. The first kappa shape index (κ1) is 13.1. The molecule has 1 heterocycles. The molecule has 0 atom stereocenters. The number of nitrogens with zero attached hydrogens (tertiary/aromatic N) is 2. The molecule has 1 aromatic rings. The van der Waals surface area contributed by atoms with Gasteiger partial charge in [0, 0.05) is 12.2 Å². The number of ether oxygens (including phenoxy) is 1. The van der Waals surface area contributed by atoms with E-state index in [4.69, 9.17) is 10.5 Å². The van der Waals surface area contributed by atoms with E-state index < -0.39 is 0 Å². The molecule has 0 unspecified atom stereocenters. The quantitative estimate of drug-likeness (QED) is 0.829. The van der Waals surface area contributed by atoms with Gasteiger partial charge in [-0.15, -0.1) is 5.10 Å². The number of hydrogen-bond acceptors (Lipinski definition) is 5. The molecule has 0 bridgehead atoms. The van der Waals surface area contributed by atoms with Crippen LogP contribution in [0.4, 0.5) is 0 Å². The molecule has 5 heteroatoms. The maximum atomic E-state index is 5.62. The van der Waals surface area contributed by atoms with Gasteiger partial charge >= 0.3 is 0 Å². The molecule has 0 aliphatic carbocycles. The van der Waals surface area contributed by atoms with Crippen LogP contribution in [0, 0.1) is 6.92 Å². The van der Waals surface area contributed by atoms with Crippen LogP contribution in [0.2, 0.25) is 0 Å². The van der Waals surface area contributed by atoms with Gasteiger partial charge in [-0.2, -0.15) is 5.10 Å². The van der Waals surface area contributed by atoms with Crippen molar-refractivity contribution >= 4 is 22.6 Å². The van der Waals surface area contributed by atoms with Crippen molar-refractivity contribution in [3.05, 3.63) is 35.4 Å². The van der Waals surface area contributed by atoms with Crippen LogP contribution in [-0.4, -0.2) is 23.2 Å². The Kier molecular flexibility index (Phi) is 4.78. The molecule has 0 saturated heterocycles. The van der Waals surface area contributed by atoms with Gasteiger partial charge in [0.2, 0.25) is 0 Å². The standard InChI is InChI=1S/C13H17N3OS/c1-10-2-4-11(5-3-10)8-17-7-6-12-9-18-13(14)16-15-12/h2-5H,6-9H2,1H3,(H2,14,16). The predicted octanol–water partition coefficient (Wildman–Crippen LogP) is 2.32. The summed E-state index contributed by atoms with van der Waals surface area (Å²) in [5.41, 5.74) is 9.02. The molecule has 2 rings (SSSR count). The van der Waals surface area contributed by atoms with Crippen LogP contribution in [0.25, 0.3) is 0 Å². The summed E-state index contributed by atoms with van der Waals surface area (Å²) < 4.78 is 5.62. The van der Waals surface area contributed by atoms with Gasteiger partial charge in [0.05, 0.1) is 18.9 Å². The highest BCUT2D eigenvalue weighted by Crippen LogP contribution is 2.10. The summed E-state index contributed by atoms with van der Waals surface area (Å²) in [6, 6.07) is 8.37. The molecule has 0 spiro atoms. The van der Waals surface area contributed by atoms with E-state index in [9.17, 15) is 0 Å². The molecule has 2 N–H and O–H groups in total. The molecule has 0 radical (unpaired) electrons. The molecule has 1 aliphatic heterocycles. The molecule has 0 saturated carbocycles. The van der Waals surface area contributed by atoms with Crippen molar-refractivity contribution in [2.24, 2.45) is 15.9 Å². The lowest BCUT2D eigenvalue weighted by Crippen LogP contribution is -2.16. The Balaban J connectivity index is 1.69. The van der Waals surface area contributed by atoms with Crippen LogP contribution in [0.1, 0.15) is 17.5 Å². The first-order valence-corrected chi connectivity index (χ1v) is 6.87. The average molecular weight is 263 g/mol. The number of thioether (sulfide) groups is 1. The number of rotatable bonds is 5. The van der Waals surface area contributed by atoms with Crippen LogP contribution in [-0.2, 0) is 11.3 Å². The largest absolute Gasteiger partial charge is 0.377 e. The van der Waals surface area contributed by atoms with E-state index in [0.29, 0.717) is 18.4 Å². The second-order valence-corrected chi connectivity index (χ2v) is 5.18. The molecule has 0 aromatic heterocycles. The topological polar surface area (TPSA) is 60.0 Å². The summed E-state index contributed by atoms with van der Waals surface area (Å²) in [6.07, 6.45) is 0.815. The fourth-order valence-electron chi connectivity index (χ4n) is 1.52. The van der Waals surface area contributed by atoms with Crippen LogP contribution in [0.5, 0.6) is 0 Å². The predicted molar refractivity (Wildman–Crippen MR) is 77.0 cm³/mol. The van der Waals surface area contributed by atoms with Crippen molar-refractivity contribution in [1.82, 2.24) is 0 Å². The van der Waals surface area contributed by atoms with Crippen molar-refractivity contribution in [2.75, 3.05) is 12.4 Å². The van der Waals surface area contributed by atoms with Gasteiger partial charge in [0.1, 0.15) is 0 Å². The summed E-state index contributed by atoms with van der Waals surface area (Å²) in [7, 11) is 0. The minimum atomic E-state index is 0.541. The van der Waals surface area contributed by atoms with E-state index >= 15 is 0 Å². The summed E-state index contributed by atoms with van der Waals surface area (Å²) in [5, 5.41) is 8.43. The summed E-state index contributed by atoms with van der Waals surface area (Å²) in [6.45, 7) is 3.39. The van der Waals surface area contributed by atoms with Crippen molar-refractivity contribution in [1.29, 1.82) is 0 Å². The lowest BCUT2D eigenvalue weighted by atomic mass is 10.2. The minimum Gasteiger partial charge on any atom is -0.377 e. The van der Waals surface area contributed by atoms with E-state index in [0.717, 1.165) is 17.9 Å². The molecule has 1 aromatic carbocycles. The first-order chi connectivity index (χ1) is 8.74. The summed E-state index contributed by atoms with van der Waals surface area (Å²) >= 11 is 1.52. The van der Waals surface area contributed by atoms with E-state index in [1.54, 1.807) is 0 Å². The molecule has 0 fully saturated rings. The molecule has 96 valence electrons. The highest BCUT2D eigenvalue weighted by atomic mass is 32.2. The van der Waals surface area contributed by atoms with Crippen LogP contribution < -0.4 is 5.73 Å². The zero-order valence-electron chi connectivity index (χ0n) is 10.4. The molecule has 1 aliphatic rings. The number of benzene rings is 1. The number of amidine groups is 1. The molecule has 4 nitrogen and oxygen atoms in total. The zero-order valence-corrected chi connectivity index (χ0v) is 11.2. The van der Waals surface area contributed by atoms with E-state index in [1.807, 2.05) is 0 Å². The van der Waals surface area contributed by atoms with Crippen molar-refractivity contribution < 1.29 is 4.74 Å². The summed E-state index contributed by atoms with van der Waals surface area (Å²) in [5.74, 6) is 0.823. The lowest BCUT2D eigenvalue weighted by Gasteiger charge is -2.09. The highest BCUT2D eigenvalue weighted by molar-refractivity contribution is 8.14. The van der Waals surface area contributed by atoms with Gasteiger partial charge < -0.3 is 10.5 Å². The van der Waals surface area contributed by atoms with Crippen molar-refractivity contribution in [3.8, 4) is 0 Å². The second kappa shape index (κ2) is 6.56. The van der Waals surface area contributed by atoms with Crippen molar-refractivity contribution in [3.63, 3.8) is 0 Å². The van der Waals surface area contributed by atoms with Gasteiger partial charge in [-0.05, 0) is 12.5 Å². The Morgan fingerprint density at radius 3 is 2.72 bits per heavy atom. The maximum absolute atomic E-state index is 5.62. The van der Waals surface area contributed by atoms with E-state index in [2.05, 4.69) is 41.4 Å². The Bertz CT molecular complexity index is 454. The minimum absolute atomic E-state index is 0.541. The third-order valence-corrected chi connectivity index (χ3v) is 3.46. The summed E-state index contributed by atoms with van der Waals surface area (Å²) in [4.78, 5) is 0. The smallest absolute Gasteiger partial charge is 0.180 e. The molecular weight excluding hydrogens is 246 g/mol. The van der Waals surface area contributed by atoms with Gasteiger partial charge in [-0.1, -0.05) is 41.6 Å². The van der Waals surface area contributed by atoms with Crippen LogP contribution in [0.3, 0.4) is 0 Å². The molecule has 18 heavy (non-hydrogen) atoms. The number of nitrogens with two attached hydrogens (primary N) is 1. The van der Waals surface area contributed by atoms with Gasteiger partial charge in [0.15, 0.2) is 5.17 Å². The third-order valence-electron chi connectivity index (χ3n) is 2.60. The van der Waals surface area contributed by atoms with Gasteiger partial charge in [0.25, 0.3) is 0 Å². The second-order valence-electron chi connectivity index (χ2n) is 4.18.